The quantitative estimate of drug-likeness (QED) is 0.768. The van der Waals surface area contributed by atoms with Crippen molar-refractivity contribution in [2.75, 3.05) is 0 Å². The normalized spacial score (nSPS) is 13.8. The highest BCUT2D eigenvalue weighted by atomic mass is 16.2. The Balaban J connectivity index is 1.59. The Morgan fingerprint density at radius 1 is 1.15 bits per heavy atom. The minimum absolute atomic E-state index is 0.0443. The zero-order valence-corrected chi connectivity index (χ0v) is 15.5. The van der Waals surface area contributed by atoms with Gasteiger partial charge in [0.25, 0.3) is 5.91 Å². The number of benzene rings is 1. The highest BCUT2D eigenvalue weighted by molar-refractivity contribution is 5.94. The molecule has 1 aliphatic carbocycles. The fraction of sp³-hybridized carbons (Fsp3) is 0.450. The molecule has 0 radical (unpaired) electrons. The Morgan fingerprint density at radius 2 is 1.96 bits per heavy atom. The summed E-state index contributed by atoms with van der Waals surface area (Å²) in [5.41, 5.74) is 5.05. The molecule has 2 aromatic heterocycles. The van der Waals surface area contributed by atoms with Gasteiger partial charge in [0.1, 0.15) is 11.5 Å². The fourth-order valence-corrected chi connectivity index (χ4v) is 3.95. The molecule has 0 unspecified atom stereocenters. The van der Waals surface area contributed by atoms with E-state index in [1.807, 2.05) is 29.8 Å². The van der Waals surface area contributed by atoms with Gasteiger partial charge < -0.3 is 9.88 Å². The number of carbonyl (C=O) groups is 1. The maximum absolute atomic E-state index is 12.9. The summed E-state index contributed by atoms with van der Waals surface area (Å²) in [7, 11) is 0. The number of fused-ring (bicyclic) bond motifs is 2. The molecule has 136 valence electrons. The molecular formula is C20H25N5O. The summed E-state index contributed by atoms with van der Waals surface area (Å²) in [5.74, 6) is 0.843. The lowest BCUT2D eigenvalue weighted by Crippen LogP contribution is -2.28. The van der Waals surface area contributed by atoms with Crippen LogP contribution in [0.25, 0.3) is 11.0 Å². The van der Waals surface area contributed by atoms with Gasteiger partial charge >= 0.3 is 0 Å². The summed E-state index contributed by atoms with van der Waals surface area (Å²) >= 11 is 0. The van der Waals surface area contributed by atoms with Gasteiger partial charge in [-0.3, -0.25) is 9.48 Å². The van der Waals surface area contributed by atoms with Crippen LogP contribution in [0.4, 0.5) is 0 Å². The van der Waals surface area contributed by atoms with Crippen molar-refractivity contribution in [3.63, 3.8) is 0 Å². The van der Waals surface area contributed by atoms with Crippen LogP contribution in [0.2, 0.25) is 0 Å². The van der Waals surface area contributed by atoms with E-state index in [2.05, 4.69) is 28.0 Å². The monoisotopic (exact) mass is 351 g/mol. The van der Waals surface area contributed by atoms with Gasteiger partial charge in [-0.1, -0.05) is 12.1 Å². The second-order valence-corrected chi connectivity index (χ2v) is 6.74. The van der Waals surface area contributed by atoms with Gasteiger partial charge in [0.05, 0.1) is 23.3 Å². The maximum Gasteiger partial charge on any atom is 0.270 e. The van der Waals surface area contributed by atoms with Crippen LogP contribution in [-0.2, 0) is 32.5 Å². The number of hydrogen-bond donors (Lipinski definition) is 1. The van der Waals surface area contributed by atoms with E-state index in [0.717, 1.165) is 66.0 Å². The molecule has 1 aromatic carbocycles. The first-order chi connectivity index (χ1) is 12.7. The molecule has 3 aromatic rings. The van der Waals surface area contributed by atoms with E-state index in [9.17, 15) is 4.79 Å². The topological polar surface area (TPSA) is 64.7 Å². The number of nitrogens with zero attached hydrogens (tertiary/aromatic N) is 4. The number of nitrogens with one attached hydrogen (secondary N) is 1. The molecule has 6 heteroatoms. The Morgan fingerprint density at radius 3 is 2.77 bits per heavy atom. The SMILES string of the molecule is CCn1nc2c(c1C(=O)NCc1nc3ccccc3n1CC)CCCC2. The van der Waals surface area contributed by atoms with Crippen molar-refractivity contribution >= 4 is 16.9 Å². The van der Waals surface area contributed by atoms with Crippen molar-refractivity contribution in [1.29, 1.82) is 0 Å². The minimum Gasteiger partial charge on any atom is -0.343 e. The maximum atomic E-state index is 12.9. The van der Waals surface area contributed by atoms with Crippen molar-refractivity contribution < 1.29 is 4.79 Å². The molecule has 0 bridgehead atoms. The van der Waals surface area contributed by atoms with Gasteiger partial charge in [-0.15, -0.1) is 0 Å². The second-order valence-electron chi connectivity index (χ2n) is 6.74. The Hall–Kier alpha value is -2.63. The zero-order chi connectivity index (χ0) is 18.1. The number of hydrogen-bond acceptors (Lipinski definition) is 3. The van der Waals surface area contributed by atoms with Crippen LogP contribution in [0.15, 0.2) is 24.3 Å². The molecule has 0 saturated heterocycles. The van der Waals surface area contributed by atoms with E-state index in [-0.39, 0.29) is 5.91 Å². The summed E-state index contributed by atoms with van der Waals surface area (Å²) in [6, 6.07) is 8.09. The lowest BCUT2D eigenvalue weighted by atomic mass is 9.95. The van der Waals surface area contributed by atoms with Crippen molar-refractivity contribution in [3.05, 3.63) is 47.0 Å². The summed E-state index contributed by atoms with van der Waals surface area (Å²) in [5, 5.41) is 7.73. The first kappa shape index (κ1) is 16.8. The van der Waals surface area contributed by atoms with Crippen molar-refractivity contribution in [1.82, 2.24) is 24.6 Å². The van der Waals surface area contributed by atoms with Gasteiger partial charge in [0, 0.05) is 18.7 Å². The lowest BCUT2D eigenvalue weighted by Gasteiger charge is -2.12. The van der Waals surface area contributed by atoms with Crippen LogP contribution >= 0.6 is 0 Å². The molecule has 0 fully saturated rings. The number of amides is 1. The highest BCUT2D eigenvalue weighted by Crippen LogP contribution is 2.24. The Bertz CT molecular complexity index is 953. The van der Waals surface area contributed by atoms with E-state index in [1.165, 1.54) is 0 Å². The zero-order valence-electron chi connectivity index (χ0n) is 15.5. The molecule has 4 rings (SSSR count). The van der Waals surface area contributed by atoms with Crippen LogP contribution in [-0.4, -0.2) is 25.2 Å². The van der Waals surface area contributed by atoms with E-state index >= 15 is 0 Å². The number of aromatic nitrogens is 4. The van der Waals surface area contributed by atoms with Crippen LogP contribution < -0.4 is 5.32 Å². The standard InChI is InChI=1S/C20H25N5O/c1-3-24-17-12-8-7-11-16(17)22-18(24)13-21-20(26)19-14-9-5-6-10-15(14)23-25(19)4-2/h7-8,11-12H,3-6,9-10,13H2,1-2H3,(H,21,26). The van der Waals surface area contributed by atoms with Gasteiger partial charge in [0.2, 0.25) is 0 Å². The van der Waals surface area contributed by atoms with E-state index in [4.69, 9.17) is 4.98 Å². The molecule has 1 N–H and O–H groups in total. The third kappa shape index (κ3) is 2.79. The molecule has 2 heterocycles. The third-order valence-corrected chi connectivity index (χ3v) is 5.20. The van der Waals surface area contributed by atoms with Crippen LogP contribution in [0, 0.1) is 0 Å². The molecule has 1 aliphatic rings. The fourth-order valence-electron chi connectivity index (χ4n) is 3.95. The average molecular weight is 351 g/mol. The summed E-state index contributed by atoms with van der Waals surface area (Å²) in [4.78, 5) is 17.6. The largest absolute Gasteiger partial charge is 0.343 e. The summed E-state index contributed by atoms with van der Waals surface area (Å²) < 4.78 is 4.01. The molecule has 0 atom stereocenters. The van der Waals surface area contributed by atoms with Crippen LogP contribution in [0.1, 0.15) is 54.3 Å². The van der Waals surface area contributed by atoms with E-state index < -0.39 is 0 Å². The van der Waals surface area contributed by atoms with Crippen LogP contribution in [0.3, 0.4) is 0 Å². The number of carbonyl (C=O) groups excluding carboxylic acids is 1. The van der Waals surface area contributed by atoms with Gasteiger partial charge in [-0.05, 0) is 51.7 Å². The smallest absolute Gasteiger partial charge is 0.270 e. The molecular weight excluding hydrogens is 326 g/mol. The van der Waals surface area contributed by atoms with Crippen molar-refractivity contribution in [3.8, 4) is 0 Å². The highest BCUT2D eigenvalue weighted by Gasteiger charge is 2.24. The molecule has 0 spiro atoms. The number of rotatable bonds is 5. The Labute approximate surface area is 153 Å². The first-order valence-corrected chi connectivity index (χ1v) is 9.53. The first-order valence-electron chi connectivity index (χ1n) is 9.53. The van der Waals surface area contributed by atoms with Gasteiger partial charge in [0.15, 0.2) is 0 Å². The number of imidazole rings is 1. The number of para-hydroxylation sites is 2. The van der Waals surface area contributed by atoms with Gasteiger partial charge in [-0.2, -0.15) is 5.10 Å². The number of aryl methyl sites for hydroxylation is 3. The third-order valence-electron chi connectivity index (χ3n) is 5.20. The molecule has 0 saturated carbocycles. The van der Waals surface area contributed by atoms with Gasteiger partial charge in [-0.25, -0.2) is 4.98 Å². The molecule has 0 aliphatic heterocycles. The molecule has 26 heavy (non-hydrogen) atoms. The summed E-state index contributed by atoms with van der Waals surface area (Å²) in [6.07, 6.45) is 4.23. The molecule has 1 amide bonds. The van der Waals surface area contributed by atoms with E-state index in [1.54, 1.807) is 0 Å². The predicted molar refractivity (Wildman–Crippen MR) is 101 cm³/mol. The average Bonchev–Trinajstić information content (AvgIpc) is 3.23. The molecule has 6 nitrogen and oxygen atoms in total. The lowest BCUT2D eigenvalue weighted by molar-refractivity contribution is 0.0937. The van der Waals surface area contributed by atoms with Crippen LogP contribution in [0.5, 0.6) is 0 Å². The predicted octanol–water partition coefficient (Wildman–Crippen LogP) is 3.08. The summed E-state index contributed by atoms with van der Waals surface area (Å²) in [6.45, 7) is 6.09. The van der Waals surface area contributed by atoms with Crippen molar-refractivity contribution in [2.45, 2.75) is 59.2 Å². The van der Waals surface area contributed by atoms with Crippen molar-refractivity contribution in [2.24, 2.45) is 0 Å². The minimum atomic E-state index is -0.0443. The Kier molecular flexibility index (Phi) is 4.49. The van der Waals surface area contributed by atoms with E-state index in [0.29, 0.717) is 13.1 Å². The second kappa shape index (κ2) is 6.94.